The summed E-state index contributed by atoms with van der Waals surface area (Å²) < 4.78 is 11.9. The summed E-state index contributed by atoms with van der Waals surface area (Å²) >= 11 is 0. The molecule has 1 heterocycles. The van der Waals surface area contributed by atoms with Crippen molar-refractivity contribution in [2.75, 3.05) is 19.0 Å². The fraction of sp³-hybridized carbons (Fsp3) is 0.174. The van der Waals surface area contributed by atoms with Gasteiger partial charge in [-0.15, -0.1) is 0 Å². The minimum Gasteiger partial charge on any atom is -0.497 e. The number of aromatic nitrogens is 2. The molecule has 0 fully saturated rings. The molecule has 7 heteroatoms. The molecule has 0 aliphatic rings. The molecule has 7 nitrogen and oxygen atoms in total. The fourth-order valence-electron chi connectivity index (χ4n) is 2.92. The maximum absolute atomic E-state index is 12.0. The van der Waals surface area contributed by atoms with Crippen LogP contribution in [0.4, 0.5) is 5.69 Å². The average molecular weight is 405 g/mol. The van der Waals surface area contributed by atoms with E-state index in [1.165, 1.54) is 6.08 Å². The largest absolute Gasteiger partial charge is 0.497 e. The number of anilines is 1. The smallest absolute Gasteiger partial charge is 0.331 e. The first-order chi connectivity index (χ1) is 14.5. The van der Waals surface area contributed by atoms with E-state index in [1.54, 1.807) is 37.5 Å². The Bertz CT molecular complexity index is 1050. The van der Waals surface area contributed by atoms with Gasteiger partial charge in [-0.05, 0) is 56.3 Å². The molecule has 30 heavy (non-hydrogen) atoms. The van der Waals surface area contributed by atoms with Gasteiger partial charge in [-0.2, -0.15) is 5.10 Å². The van der Waals surface area contributed by atoms with Crippen LogP contribution in [0, 0.1) is 13.8 Å². The van der Waals surface area contributed by atoms with Crippen LogP contribution in [0.15, 0.2) is 60.7 Å². The first-order valence-electron chi connectivity index (χ1n) is 9.38. The molecule has 3 rings (SSSR count). The van der Waals surface area contributed by atoms with Crippen molar-refractivity contribution in [1.29, 1.82) is 0 Å². The van der Waals surface area contributed by atoms with E-state index in [1.807, 2.05) is 48.9 Å². The van der Waals surface area contributed by atoms with Crippen LogP contribution in [0.1, 0.15) is 17.0 Å². The van der Waals surface area contributed by atoms with E-state index in [4.69, 9.17) is 9.47 Å². The number of rotatable bonds is 7. The van der Waals surface area contributed by atoms with Crippen molar-refractivity contribution in [2.24, 2.45) is 0 Å². The number of esters is 1. The Labute approximate surface area is 174 Å². The Morgan fingerprint density at radius 2 is 1.77 bits per heavy atom. The number of carbonyl (C=O) groups excluding carboxylic acids is 2. The number of amides is 1. The van der Waals surface area contributed by atoms with E-state index in [2.05, 4.69) is 10.4 Å². The summed E-state index contributed by atoms with van der Waals surface area (Å²) in [6.45, 7) is 3.43. The third-order valence-corrected chi connectivity index (χ3v) is 4.45. The second kappa shape index (κ2) is 9.56. The van der Waals surface area contributed by atoms with Gasteiger partial charge < -0.3 is 14.8 Å². The highest BCUT2D eigenvalue weighted by atomic mass is 16.5. The highest BCUT2D eigenvalue weighted by Crippen LogP contribution is 2.19. The number of benzene rings is 2. The lowest BCUT2D eigenvalue weighted by Gasteiger charge is -2.06. The normalized spacial score (nSPS) is 10.8. The molecule has 0 radical (unpaired) electrons. The van der Waals surface area contributed by atoms with E-state index >= 15 is 0 Å². The van der Waals surface area contributed by atoms with Gasteiger partial charge in [-0.3, -0.25) is 4.79 Å². The summed E-state index contributed by atoms with van der Waals surface area (Å²) in [5.74, 6) is -0.344. The van der Waals surface area contributed by atoms with E-state index < -0.39 is 11.9 Å². The van der Waals surface area contributed by atoms with Gasteiger partial charge in [0.2, 0.25) is 0 Å². The van der Waals surface area contributed by atoms with Gasteiger partial charge in [-0.1, -0.05) is 18.2 Å². The standard InChI is InChI=1S/C23H23N3O4/c1-16-21(17(2)26(25-16)19-7-5-4-6-8-19)13-14-23(28)30-15-22(27)24-18-9-11-20(29-3)12-10-18/h4-14H,15H2,1-3H3,(H,24,27)/b14-13+. The van der Waals surface area contributed by atoms with Crippen LogP contribution in [-0.2, 0) is 14.3 Å². The number of ether oxygens (including phenoxy) is 2. The molecule has 2 aromatic carbocycles. The molecular weight excluding hydrogens is 382 g/mol. The predicted molar refractivity (Wildman–Crippen MR) is 115 cm³/mol. The molecule has 154 valence electrons. The first kappa shape index (κ1) is 20.9. The Kier molecular flexibility index (Phi) is 6.64. The molecule has 0 saturated carbocycles. The number of para-hydroxylation sites is 1. The number of carbonyl (C=O) groups is 2. The van der Waals surface area contributed by atoms with Crippen LogP contribution in [-0.4, -0.2) is 35.4 Å². The topological polar surface area (TPSA) is 82.4 Å². The van der Waals surface area contributed by atoms with Crippen LogP contribution >= 0.6 is 0 Å². The van der Waals surface area contributed by atoms with Gasteiger partial charge in [0.15, 0.2) is 6.61 Å². The van der Waals surface area contributed by atoms with Crippen molar-refractivity contribution in [2.45, 2.75) is 13.8 Å². The van der Waals surface area contributed by atoms with Gasteiger partial charge in [0.1, 0.15) is 5.75 Å². The molecule has 0 atom stereocenters. The molecule has 0 unspecified atom stereocenters. The lowest BCUT2D eigenvalue weighted by Crippen LogP contribution is -2.20. The van der Waals surface area contributed by atoms with Crippen molar-refractivity contribution >= 4 is 23.6 Å². The Balaban J connectivity index is 1.57. The Morgan fingerprint density at radius 1 is 1.07 bits per heavy atom. The number of aryl methyl sites for hydroxylation is 1. The van der Waals surface area contributed by atoms with E-state index in [0.29, 0.717) is 11.4 Å². The molecular formula is C23H23N3O4. The predicted octanol–water partition coefficient (Wildman–Crippen LogP) is 3.69. The maximum Gasteiger partial charge on any atom is 0.331 e. The van der Waals surface area contributed by atoms with Crippen molar-refractivity contribution in [3.05, 3.63) is 77.6 Å². The maximum atomic E-state index is 12.0. The highest BCUT2D eigenvalue weighted by Gasteiger charge is 2.11. The molecule has 0 saturated heterocycles. The Morgan fingerprint density at radius 3 is 2.43 bits per heavy atom. The number of nitrogens with one attached hydrogen (secondary N) is 1. The fourth-order valence-corrected chi connectivity index (χ4v) is 2.92. The number of hydrogen-bond acceptors (Lipinski definition) is 5. The molecule has 1 N–H and O–H groups in total. The Hall–Kier alpha value is -3.87. The molecule has 1 aromatic heterocycles. The van der Waals surface area contributed by atoms with Crippen LogP contribution in [0.25, 0.3) is 11.8 Å². The van der Waals surface area contributed by atoms with Gasteiger partial charge in [0, 0.05) is 23.0 Å². The van der Waals surface area contributed by atoms with Crippen LogP contribution in [0.2, 0.25) is 0 Å². The number of methoxy groups -OCH3 is 1. The third-order valence-electron chi connectivity index (χ3n) is 4.45. The van der Waals surface area contributed by atoms with Crippen molar-refractivity contribution in [3.8, 4) is 11.4 Å². The summed E-state index contributed by atoms with van der Waals surface area (Å²) in [7, 11) is 1.57. The summed E-state index contributed by atoms with van der Waals surface area (Å²) in [6.07, 6.45) is 2.95. The average Bonchev–Trinajstić information content (AvgIpc) is 3.05. The van der Waals surface area contributed by atoms with E-state index in [9.17, 15) is 9.59 Å². The lowest BCUT2D eigenvalue weighted by atomic mass is 10.2. The second-order valence-electron chi connectivity index (χ2n) is 6.55. The zero-order chi connectivity index (χ0) is 21.5. The molecule has 0 aliphatic carbocycles. The number of hydrogen-bond donors (Lipinski definition) is 1. The molecule has 0 aliphatic heterocycles. The van der Waals surface area contributed by atoms with Gasteiger partial charge in [0.05, 0.1) is 18.5 Å². The SMILES string of the molecule is COc1ccc(NC(=O)COC(=O)/C=C/c2c(C)nn(-c3ccccc3)c2C)cc1. The molecule has 3 aromatic rings. The summed E-state index contributed by atoms with van der Waals surface area (Å²) in [5, 5.41) is 7.18. The van der Waals surface area contributed by atoms with Crippen molar-refractivity contribution < 1.29 is 19.1 Å². The third kappa shape index (κ3) is 5.14. The van der Waals surface area contributed by atoms with Crippen LogP contribution in [0.5, 0.6) is 5.75 Å². The monoisotopic (exact) mass is 405 g/mol. The zero-order valence-corrected chi connectivity index (χ0v) is 17.1. The van der Waals surface area contributed by atoms with Gasteiger partial charge >= 0.3 is 5.97 Å². The van der Waals surface area contributed by atoms with Crippen molar-refractivity contribution in [1.82, 2.24) is 9.78 Å². The van der Waals surface area contributed by atoms with Crippen LogP contribution < -0.4 is 10.1 Å². The molecule has 0 spiro atoms. The minimum atomic E-state index is -0.605. The molecule has 0 bridgehead atoms. The number of nitrogens with zero attached hydrogens (tertiary/aromatic N) is 2. The first-order valence-corrected chi connectivity index (χ1v) is 9.38. The summed E-state index contributed by atoms with van der Waals surface area (Å²) in [5.41, 5.74) is 4.05. The second-order valence-corrected chi connectivity index (χ2v) is 6.55. The van der Waals surface area contributed by atoms with Gasteiger partial charge in [0.25, 0.3) is 5.91 Å². The van der Waals surface area contributed by atoms with Gasteiger partial charge in [-0.25, -0.2) is 9.48 Å². The summed E-state index contributed by atoms with van der Waals surface area (Å²) in [6, 6.07) is 16.6. The quantitative estimate of drug-likeness (QED) is 0.479. The lowest BCUT2D eigenvalue weighted by molar-refractivity contribution is -0.142. The van der Waals surface area contributed by atoms with Crippen molar-refractivity contribution in [3.63, 3.8) is 0 Å². The minimum absolute atomic E-state index is 0.379. The zero-order valence-electron chi connectivity index (χ0n) is 17.1. The highest BCUT2D eigenvalue weighted by molar-refractivity contribution is 5.94. The van der Waals surface area contributed by atoms with E-state index in [-0.39, 0.29) is 6.61 Å². The molecule has 1 amide bonds. The van der Waals surface area contributed by atoms with Crippen LogP contribution in [0.3, 0.4) is 0 Å². The van der Waals surface area contributed by atoms with E-state index in [0.717, 1.165) is 22.6 Å². The summed E-state index contributed by atoms with van der Waals surface area (Å²) in [4.78, 5) is 24.0.